The van der Waals surface area contributed by atoms with Crippen LogP contribution in [0.1, 0.15) is 52.1 Å². The van der Waals surface area contributed by atoms with Gasteiger partial charge in [0.15, 0.2) is 0 Å². The molecule has 2 aromatic rings. The van der Waals surface area contributed by atoms with Gasteiger partial charge in [-0.2, -0.15) is 11.3 Å². The lowest BCUT2D eigenvalue weighted by Gasteiger charge is -2.29. The Morgan fingerprint density at radius 1 is 1.17 bits per heavy atom. The second-order valence-corrected chi connectivity index (χ2v) is 7.64. The lowest BCUT2D eigenvalue weighted by molar-refractivity contribution is -0.121. The average Bonchev–Trinajstić information content (AvgIpc) is 3.43. The highest BCUT2D eigenvalue weighted by atomic mass is 32.1. The van der Waals surface area contributed by atoms with Gasteiger partial charge in [-0.15, -0.1) is 0 Å². The molecule has 1 aliphatic heterocycles. The van der Waals surface area contributed by atoms with Gasteiger partial charge in [0.2, 0.25) is 5.91 Å². The molecular weight excluding hydrogens is 392 g/mol. The summed E-state index contributed by atoms with van der Waals surface area (Å²) in [6.07, 6.45) is 2.02. The Hall–Kier alpha value is -2.71. The van der Waals surface area contributed by atoms with Crippen LogP contribution in [0, 0.1) is 0 Å². The molecule has 3 rings (SSSR count). The van der Waals surface area contributed by atoms with Gasteiger partial charge in [0.05, 0.1) is 37.1 Å². The van der Waals surface area contributed by atoms with E-state index in [1.807, 2.05) is 12.3 Å². The van der Waals surface area contributed by atoms with Gasteiger partial charge < -0.3 is 14.8 Å². The zero-order valence-electron chi connectivity index (χ0n) is 16.6. The molecule has 0 spiro atoms. The quantitative estimate of drug-likeness (QED) is 0.726. The predicted molar refractivity (Wildman–Crippen MR) is 110 cm³/mol. The molecule has 7 nitrogen and oxygen atoms in total. The van der Waals surface area contributed by atoms with Crippen LogP contribution in [0.15, 0.2) is 35.0 Å². The van der Waals surface area contributed by atoms with E-state index in [0.29, 0.717) is 0 Å². The van der Waals surface area contributed by atoms with Gasteiger partial charge >= 0.3 is 11.9 Å². The standard InChI is InChI=1S/C21H24N2O5S/c1-13(23-9-4-5-18(23)15-8-10-29-12-15)19(24)22-17-11-14(20(25)27-2)6-7-16(17)21(26)28-3/h6-8,10-13,18H,4-5,9H2,1-3H3,(H,22,24). The monoisotopic (exact) mass is 416 g/mol. The summed E-state index contributed by atoms with van der Waals surface area (Å²) in [6, 6.07) is 6.22. The van der Waals surface area contributed by atoms with Crippen molar-refractivity contribution in [1.82, 2.24) is 4.90 Å². The van der Waals surface area contributed by atoms with Crippen molar-refractivity contribution in [2.24, 2.45) is 0 Å². The van der Waals surface area contributed by atoms with E-state index in [1.54, 1.807) is 11.3 Å². The predicted octanol–water partition coefficient (Wildman–Crippen LogP) is 3.49. The highest BCUT2D eigenvalue weighted by molar-refractivity contribution is 7.08. The number of rotatable bonds is 6. The van der Waals surface area contributed by atoms with Gasteiger partial charge in [0.1, 0.15) is 0 Å². The smallest absolute Gasteiger partial charge is 0.339 e. The fraction of sp³-hybridized carbons (Fsp3) is 0.381. The van der Waals surface area contributed by atoms with Crippen LogP contribution >= 0.6 is 11.3 Å². The van der Waals surface area contributed by atoms with Crippen molar-refractivity contribution in [1.29, 1.82) is 0 Å². The number of hydrogen-bond donors (Lipinski definition) is 1. The Kier molecular flexibility index (Phi) is 6.66. The number of likely N-dealkylation sites (tertiary alicyclic amines) is 1. The molecule has 29 heavy (non-hydrogen) atoms. The molecule has 1 aliphatic rings. The topological polar surface area (TPSA) is 84.9 Å². The number of carbonyl (C=O) groups excluding carboxylic acids is 3. The van der Waals surface area contributed by atoms with E-state index in [2.05, 4.69) is 21.7 Å². The molecule has 1 saturated heterocycles. The maximum atomic E-state index is 13.0. The molecule has 154 valence electrons. The molecular formula is C21H24N2O5S. The van der Waals surface area contributed by atoms with Gasteiger partial charge in [-0.05, 0) is 66.9 Å². The SMILES string of the molecule is COC(=O)c1ccc(C(=O)OC)c(NC(=O)C(C)N2CCCC2c2ccsc2)c1. The number of anilines is 1. The first-order valence-corrected chi connectivity index (χ1v) is 10.3. The Balaban J connectivity index is 1.83. The van der Waals surface area contributed by atoms with E-state index >= 15 is 0 Å². The van der Waals surface area contributed by atoms with Crippen molar-refractivity contribution in [3.8, 4) is 0 Å². The van der Waals surface area contributed by atoms with Crippen molar-refractivity contribution in [3.05, 3.63) is 51.7 Å². The molecule has 0 aliphatic carbocycles. The van der Waals surface area contributed by atoms with Gasteiger partial charge in [-0.1, -0.05) is 0 Å². The molecule has 1 aromatic heterocycles. The highest BCUT2D eigenvalue weighted by Crippen LogP contribution is 2.35. The third-order valence-corrected chi connectivity index (χ3v) is 5.90. The van der Waals surface area contributed by atoms with Gasteiger partial charge in [0.25, 0.3) is 0 Å². The van der Waals surface area contributed by atoms with Crippen molar-refractivity contribution >= 4 is 34.9 Å². The van der Waals surface area contributed by atoms with Crippen molar-refractivity contribution < 1.29 is 23.9 Å². The maximum Gasteiger partial charge on any atom is 0.339 e. The molecule has 1 fully saturated rings. The summed E-state index contributed by atoms with van der Waals surface area (Å²) in [6.45, 7) is 2.67. The van der Waals surface area contributed by atoms with Gasteiger partial charge in [-0.3, -0.25) is 9.69 Å². The maximum absolute atomic E-state index is 13.0. The van der Waals surface area contributed by atoms with Gasteiger partial charge in [-0.25, -0.2) is 9.59 Å². The van der Waals surface area contributed by atoms with Crippen molar-refractivity contribution in [2.75, 3.05) is 26.1 Å². The highest BCUT2D eigenvalue weighted by Gasteiger charge is 2.33. The van der Waals surface area contributed by atoms with Gasteiger partial charge in [0, 0.05) is 6.04 Å². The third kappa shape index (κ3) is 4.49. The molecule has 0 radical (unpaired) electrons. The van der Waals surface area contributed by atoms with Crippen LogP contribution in [-0.4, -0.2) is 49.6 Å². The number of methoxy groups -OCH3 is 2. The minimum atomic E-state index is -0.596. The number of hydrogen-bond acceptors (Lipinski definition) is 7. The first-order valence-electron chi connectivity index (χ1n) is 9.35. The molecule has 2 heterocycles. The fourth-order valence-corrected chi connectivity index (χ4v) is 4.35. The molecule has 0 bridgehead atoms. The minimum Gasteiger partial charge on any atom is -0.465 e. The molecule has 0 saturated carbocycles. The first kappa shape index (κ1) is 21.0. The molecule has 1 N–H and O–H groups in total. The van der Waals surface area contributed by atoms with Crippen molar-refractivity contribution in [2.45, 2.75) is 31.8 Å². The summed E-state index contributed by atoms with van der Waals surface area (Å²) in [5.41, 5.74) is 1.86. The minimum absolute atomic E-state index is 0.177. The zero-order valence-corrected chi connectivity index (χ0v) is 17.5. The van der Waals surface area contributed by atoms with E-state index in [-0.39, 0.29) is 28.8 Å². The summed E-state index contributed by atoms with van der Waals surface area (Å²) in [5, 5.41) is 6.95. The second kappa shape index (κ2) is 9.19. The summed E-state index contributed by atoms with van der Waals surface area (Å²) in [4.78, 5) is 39.1. The van der Waals surface area contributed by atoms with Crippen LogP contribution in [0.2, 0.25) is 0 Å². The number of carbonyl (C=O) groups is 3. The molecule has 2 unspecified atom stereocenters. The van der Waals surface area contributed by atoms with Crippen LogP contribution in [0.5, 0.6) is 0 Å². The van der Waals surface area contributed by atoms with E-state index < -0.39 is 18.0 Å². The Morgan fingerprint density at radius 2 is 1.93 bits per heavy atom. The normalized spacial score (nSPS) is 17.6. The van der Waals surface area contributed by atoms with E-state index in [4.69, 9.17) is 9.47 Å². The Bertz CT molecular complexity index is 896. The summed E-state index contributed by atoms with van der Waals surface area (Å²) >= 11 is 1.64. The van der Waals surface area contributed by atoms with Crippen molar-refractivity contribution in [3.63, 3.8) is 0 Å². The largest absolute Gasteiger partial charge is 0.465 e. The number of amides is 1. The number of esters is 2. The number of benzene rings is 1. The van der Waals surface area contributed by atoms with E-state index in [9.17, 15) is 14.4 Å². The second-order valence-electron chi connectivity index (χ2n) is 6.86. The van der Waals surface area contributed by atoms with Crippen LogP contribution in [0.25, 0.3) is 0 Å². The van der Waals surface area contributed by atoms with E-state index in [1.165, 1.54) is 38.0 Å². The molecule has 8 heteroatoms. The third-order valence-electron chi connectivity index (χ3n) is 5.20. The van der Waals surface area contributed by atoms with E-state index in [0.717, 1.165) is 19.4 Å². The average molecular weight is 416 g/mol. The van der Waals surface area contributed by atoms with Crippen LogP contribution in [0.3, 0.4) is 0 Å². The molecule has 1 amide bonds. The zero-order chi connectivity index (χ0) is 21.0. The first-order chi connectivity index (χ1) is 14.0. The van der Waals surface area contributed by atoms with Crippen LogP contribution in [-0.2, 0) is 14.3 Å². The number of nitrogens with one attached hydrogen (secondary N) is 1. The summed E-state index contributed by atoms with van der Waals surface area (Å²) < 4.78 is 9.53. The molecule has 2 atom stereocenters. The summed E-state index contributed by atoms with van der Waals surface area (Å²) in [7, 11) is 2.54. The lowest BCUT2D eigenvalue weighted by atomic mass is 10.1. The fourth-order valence-electron chi connectivity index (χ4n) is 3.64. The Morgan fingerprint density at radius 3 is 2.59 bits per heavy atom. The Labute approximate surface area is 173 Å². The molecule has 1 aromatic carbocycles. The van der Waals surface area contributed by atoms with Crippen LogP contribution < -0.4 is 5.32 Å². The number of thiophene rings is 1. The lowest BCUT2D eigenvalue weighted by Crippen LogP contribution is -2.41. The number of nitrogens with zero attached hydrogens (tertiary/aromatic N) is 1. The number of ether oxygens (including phenoxy) is 2. The summed E-state index contributed by atoms with van der Waals surface area (Å²) in [5.74, 6) is -1.40. The van der Waals surface area contributed by atoms with Crippen LogP contribution in [0.4, 0.5) is 5.69 Å².